The van der Waals surface area contributed by atoms with Crippen LogP contribution in [0.4, 0.5) is 5.95 Å². The van der Waals surface area contributed by atoms with E-state index >= 15 is 0 Å². The summed E-state index contributed by atoms with van der Waals surface area (Å²) in [6.45, 7) is 3.94. The monoisotopic (exact) mass is 341 g/mol. The average molecular weight is 342 g/mol. The number of rotatable bonds is 2. The van der Waals surface area contributed by atoms with E-state index in [2.05, 4.69) is 9.88 Å². The van der Waals surface area contributed by atoms with E-state index in [0.29, 0.717) is 6.42 Å². The number of aromatic nitrogens is 2. The first-order chi connectivity index (χ1) is 11.6. The average Bonchev–Trinajstić information content (AvgIpc) is 3.09. The zero-order valence-corrected chi connectivity index (χ0v) is 14.5. The SMILES string of the molecule is Cc1nc(N2CCCC2)nc2c1C(=O)CC(c1ccc(Cl)cc1)C2. The first-order valence-corrected chi connectivity index (χ1v) is 8.91. The molecule has 1 saturated heterocycles. The van der Waals surface area contributed by atoms with Crippen LogP contribution in [0.5, 0.6) is 0 Å². The summed E-state index contributed by atoms with van der Waals surface area (Å²) < 4.78 is 0. The molecule has 0 saturated carbocycles. The first-order valence-electron chi connectivity index (χ1n) is 8.53. The van der Waals surface area contributed by atoms with Gasteiger partial charge >= 0.3 is 0 Å². The summed E-state index contributed by atoms with van der Waals surface area (Å²) in [6, 6.07) is 7.80. The molecule has 1 fully saturated rings. The highest BCUT2D eigenvalue weighted by Crippen LogP contribution is 2.34. The van der Waals surface area contributed by atoms with Crippen molar-refractivity contribution in [1.29, 1.82) is 0 Å². The van der Waals surface area contributed by atoms with E-state index in [1.54, 1.807) is 0 Å². The minimum Gasteiger partial charge on any atom is -0.341 e. The van der Waals surface area contributed by atoms with Gasteiger partial charge in [-0.25, -0.2) is 9.97 Å². The number of hydrogen-bond donors (Lipinski definition) is 0. The second-order valence-corrected chi connectivity index (χ2v) is 7.14. The van der Waals surface area contributed by atoms with Crippen molar-refractivity contribution in [3.05, 3.63) is 51.8 Å². The molecule has 1 aliphatic heterocycles. The topological polar surface area (TPSA) is 46.1 Å². The summed E-state index contributed by atoms with van der Waals surface area (Å²) in [5.41, 5.74) is 3.61. The Kier molecular flexibility index (Phi) is 4.01. The number of Topliss-reactive ketones (excluding diaryl/α,β-unsaturated/α-hetero) is 1. The Balaban J connectivity index is 1.69. The summed E-state index contributed by atoms with van der Waals surface area (Å²) in [5.74, 6) is 1.11. The lowest BCUT2D eigenvalue weighted by molar-refractivity contribution is 0.0962. The van der Waals surface area contributed by atoms with Crippen molar-refractivity contribution in [2.24, 2.45) is 0 Å². The Bertz CT molecular complexity index is 782. The smallest absolute Gasteiger partial charge is 0.225 e. The zero-order chi connectivity index (χ0) is 16.7. The summed E-state index contributed by atoms with van der Waals surface area (Å²) in [5, 5.41) is 0.718. The minimum atomic E-state index is 0.154. The van der Waals surface area contributed by atoms with Crippen molar-refractivity contribution in [2.45, 2.75) is 38.5 Å². The summed E-state index contributed by atoms with van der Waals surface area (Å²) in [6.07, 6.45) is 3.67. The van der Waals surface area contributed by atoms with E-state index < -0.39 is 0 Å². The Morgan fingerprint density at radius 3 is 2.50 bits per heavy atom. The number of carbonyl (C=O) groups is 1. The van der Waals surface area contributed by atoms with Crippen molar-refractivity contribution in [3.63, 3.8) is 0 Å². The van der Waals surface area contributed by atoms with Gasteiger partial charge in [0.25, 0.3) is 0 Å². The molecule has 124 valence electrons. The molecular weight excluding hydrogens is 322 g/mol. The Morgan fingerprint density at radius 2 is 1.79 bits per heavy atom. The van der Waals surface area contributed by atoms with Crippen molar-refractivity contribution < 1.29 is 4.79 Å². The molecule has 1 aromatic carbocycles. The van der Waals surface area contributed by atoms with Gasteiger partial charge in [0.15, 0.2) is 5.78 Å². The van der Waals surface area contributed by atoms with Crippen molar-refractivity contribution in [1.82, 2.24) is 9.97 Å². The third-order valence-corrected chi connectivity index (χ3v) is 5.29. The van der Waals surface area contributed by atoms with Gasteiger partial charge < -0.3 is 4.90 Å². The zero-order valence-electron chi connectivity index (χ0n) is 13.8. The van der Waals surface area contributed by atoms with Crippen LogP contribution in [-0.2, 0) is 6.42 Å². The van der Waals surface area contributed by atoms with Crippen LogP contribution in [0.1, 0.15) is 52.5 Å². The second kappa shape index (κ2) is 6.17. The number of ketones is 1. The number of halogens is 1. The maximum Gasteiger partial charge on any atom is 0.225 e. The third-order valence-electron chi connectivity index (χ3n) is 5.03. The molecule has 4 nitrogen and oxygen atoms in total. The maximum atomic E-state index is 12.7. The molecule has 2 aliphatic rings. The van der Waals surface area contributed by atoms with Gasteiger partial charge in [-0.15, -0.1) is 0 Å². The fourth-order valence-corrected chi connectivity index (χ4v) is 3.91. The summed E-state index contributed by atoms with van der Waals surface area (Å²) >= 11 is 5.98. The molecule has 1 atom stereocenters. The fourth-order valence-electron chi connectivity index (χ4n) is 3.79. The summed E-state index contributed by atoms with van der Waals surface area (Å²) in [4.78, 5) is 24.3. The number of carbonyl (C=O) groups excluding carboxylic acids is 1. The highest BCUT2D eigenvalue weighted by atomic mass is 35.5. The number of fused-ring (bicyclic) bond motifs is 1. The second-order valence-electron chi connectivity index (χ2n) is 6.70. The Labute approximate surface area is 146 Å². The van der Waals surface area contributed by atoms with Crippen LogP contribution in [0.2, 0.25) is 5.02 Å². The quantitative estimate of drug-likeness (QED) is 0.829. The first kappa shape index (κ1) is 15.6. The molecule has 1 unspecified atom stereocenters. The van der Waals surface area contributed by atoms with Crippen LogP contribution in [0, 0.1) is 6.92 Å². The molecule has 5 heteroatoms. The molecule has 0 radical (unpaired) electrons. The molecule has 0 N–H and O–H groups in total. The molecule has 24 heavy (non-hydrogen) atoms. The van der Waals surface area contributed by atoms with E-state index in [1.165, 1.54) is 12.8 Å². The number of benzene rings is 1. The predicted molar refractivity (Wildman–Crippen MR) is 95.1 cm³/mol. The van der Waals surface area contributed by atoms with Gasteiger partial charge in [-0.3, -0.25) is 4.79 Å². The number of hydrogen-bond acceptors (Lipinski definition) is 4. The van der Waals surface area contributed by atoms with Crippen molar-refractivity contribution >= 4 is 23.3 Å². The van der Waals surface area contributed by atoms with Crippen LogP contribution < -0.4 is 4.90 Å². The van der Waals surface area contributed by atoms with Crippen LogP contribution >= 0.6 is 11.6 Å². The molecule has 4 rings (SSSR count). The van der Waals surface area contributed by atoms with Crippen molar-refractivity contribution in [2.75, 3.05) is 18.0 Å². The maximum absolute atomic E-state index is 12.7. The standard InChI is InChI=1S/C19H20ClN3O/c1-12-18-16(22-19(21-12)23-8-2-3-9-23)10-14(11-17(18)24)13-4-6-15(20)7-5-13/h4-7,14H,2-3,8-11H2,1H3. The largest absolute Gasteiger partial charge is 0.341 e. The lowest BCUT2D eigenvalue weighted by Gasteiger charge is -2.26. The fraction of sp³-hybridized carbons (Fsp3) is 0.421. The Morgan fingerprint density at radius 1 is 1.08 bits per heavy atom. The summed E-state index contributed by atoms with van der Waals surface area (Å²) in [7, 11) is 0. The highest BCUT2D eigenvalue weighted by molar-refractivity contribution is 6.30. The molecule has 0 bridgehead atoms. The van der Waals surface area contributed by atoms with Gasteiger partial charge in [0.1, 0.15) is 0 Å². The molecule has 1 aliphatic carbocycles. The number of aryl methyl sites for hydroxylation is 1. The molecule has 1 aromatic heterocycles. The van der Waals surface area contributed by atoms with E-state index in [0.717, 1.165) is 53.0 Å². The molecule has 0 spiro atoms. The lowest BCUT2D eigenvalue weighted by Crippen LogP contribution is -2.26. The minimum absolute atomic E-state index is 0.154. The van der Waals surface area contributed by atoms with Crippen LogP contribution in [-0.4, -0.2) is 28.8 Å². The molecule has 0 amide bonds. The highest BCUT2D eigenvalue weighted by Gasteiger charge is 2.30. The van der Waals surface area contributed by atoms with Gasteiger partial charge in [-0.2, -0.15) is 0 Å². The van der Waals surface area contributed by atoms with Crippen LogP contribution in [0.3, 0.4) is 0 Å². The van der Waals surface area contributed by atoms with Gasteiger partial charge in [-0.1, -0.05) is 23.7 Å². The van der Waals surface area contributed by atoms with Gasteiger partial charge in [0.05, 0.1) is 17.0 Å². The van der Waals surface area contributed by atoms with Crippen LogP contribution in [0.25, 0.3) is 0 Å². The molecule has 2 heterocycles. The number of anilines is 1. The lowest BCUT2D eigenvalue weighted by atomic mass is 9.81. The van der Waals surface area contributed by atoms with Crippen molar-refractivity contribution in [3.8, 4) is 0 Å². The number of nitrogens with zero attached hydrogens (tertiary/aromatic N) is 3. The van der Waals surface area contributed by atoms with E-state index in [1.807, 2.05) is 31.2 Å². The molecular formula is C19H20ClN3O. The predicted octanol–water partition coefficient (Wildman–Crippen LogP) is 3.95. The van der Waals surface area contributed by atoms with Gasteiger partial charge in [0.2, 0.25) is 5.95 Å². The van der Waals surface area contributed by atoms with E-state index in [-0.39, 0.29) is 11.7 Å². The normalized spacial score (nSPS) is 20.3. The van der Waals surface area contributed by atoms with E-state index in [4.69, 9.17) is 16.6 Å². The van der Waals surface area contributed by atoms with Gasteiger partial charge in [0, 0.05) is 24.5 Å². The third kappa shape index (κ3) is 2.80. The van der Waals surface area contributed by atoms with E-state index in [9.17, 15) is 4.79 Å². The molecule has 2 aromatic rings. The van der Waals surface area contributed by atoms with Crippen LogP contribution in [0.15, 0.2) is 24.3 Å². The van der Waals surface area contributed by atoms with Gasteiger partial charge in [-0.05, 0) is 49.8 Å². The Hall–Kier alpha value is -1.94.